The number of carbonyl (C=O) groups is 2. The molecule has 3 rings (SSSR count). The maximum atomic E-state index is 12.7. The Morgan fingerprint density at radius 1 is 0.795 bits per heavy atom. The van der Waals surface area contributed by atoms with E-state index in [1.165, 1.54) is 6.08 Å². The lowest BCUT2D eigenvalue weighted by Crippen LogP contribution is -2.37. The quantitative estimate of drug-likeness (QED) is 0.104. The van der Waals surface area contributed by atoms with E-state index in [-0.39, 0.29) is 18.7 Å². The van der Waals surface area contributed by atoms with Gasteiger partial charge in [0.2, 0.25) is 6.79 Å². The highest BCUT2D eigenvalue weighted by Gasteiger charge is 2.38. The van der Waals surface area contributed by atoms with Crippen molar-refractivity contribution in [1.82, 2.24) is 0 Å². The molecule has 0 heterocycles. The van der Waals surface area contributed by atoms with Crippen molar-refractivity contribution in [2.75, 3.05) is 13.9 Å². The molecule has 0 radical (unpaired) electrons. The van der Waals surface area contributed by atoms with Gasteiger partial charge in [-0.2, -0.15) is 0 Å². The molecule has 6 heteroatoms. The number of ether oxygens (including phenoxy) is 4. The summed E-state index contributed by atoms with van der Waals surface area (Å²) in [5.74, 6) is 1.63. The molecule has 3 aromatic rings. The van der Waals surface area contributed by atoms with E-state index in [1.807, 2.05) is 69.3 Å². The molecule has 6 nitrogen and oxygen atoms in total. The minimum Gasteiger partial charge on any atom is -0.497 e. The normalized spacial score (nSPS) is 12.8. The van der Waals surface area contributed by atoms with Gasteiger partial charge >= 0.3 is 11.9 Å². The molecule has 0 aliphatic heterocycles. The third-order valence-electron chi connectivity index (χ3n) is 6.78. The molecule has 0 bridgehead atoms. The zero-order valence-corrected chi connectivity index (χ0v) is 23.6. The molecule has 0 aromatic heterocycles. The zero-order chi connectivity index (χ0) is 28.4. The number of benzene rings is 3. The summed E-state index contributed by atoms with van der Waals surface area (Å²) in [6.07, 6.45) is 3.79. The van der Waals surface area contributed by atoms with Crippen molar-refractivity contribution >= 4 is 18.0 Å². The Bertz CT molecular complexity index is 1240. The Morgan fingerprint density at radius 2 is 1.33 bits per heavy atom. The first-order valence-electron chi connectivity index (χ1n) is 13.1. The van der Waals surface area contributed by atoms with Gasteiger partial charge in [0.05, 0.1) is 12.5 Å². The lowest BCUT2D eigenvalue weighted by Gasteiger charge is -2.32. The number of hydrogen-bond donors (Lipinski definition) is 0. The van der Waals surface area contributed by atoms with E-state index in [0.717, 1.165) is 28.9 Å². The van der Waals surface area contributed by atoms with Crippen molar-refractivity contribution in [3.05, 3.63) is 84.4 Å². The van der Waals surface area contributed by atoms with Crippen molar-refractivity contribution in [1.29, 1.82) is 0 Å². The van der Waals surface area contributed by atoms with Crippen molar-refractivity contribution in [2.45, 2.75) is 41.0 Å². The van der Waals surface area contributed by atoms with Crippen LogP contribution in [0.15, 0.2) is 78.9 Å². The number of rotatable bonds is 12. The molecule has 206 valence electrons. The molecule has 0 aliphatic carbocycles. The average molecular weight is 531 g/mol. The largest absolute Gasteiger partial charge is 0.497 e. The van der Waals surface area contributed by atoms with Crippen molar-refractivity contribution in [2.24, 2.45) is 17.3 Å². The molecule has 39 heavy (non-hydrogen) atoms. The molecule has 0 aliphatic rings. The van der Waals surface area contributed by atoms with Crippen LogP contribution >= 0.6 is 0 Å². The van der Waals surface area contributed by atoms with E-state index in [2.05, 4.69) is 13.8 Å². The SMILES string of the molecule is COc1ccc(-c2ccc(OC(=O)/C=C/c3ccc(OCOC(=O)C(C)(CC(C)C)C(C)C)cc3)cc2)cc1. The van der Waals surface area contributed by atoms with Gasteiger partial charge in [-0.15, -0.1) is 0 Å². The second-order valence-electron chi connectivity index (χ2n) is 10.4. The van der Waals surface area contributed by atoms with Gasteiger partial charge in [-0.1, -0.05) is 64.1 Å². The lowest BCUT2D eigenvalue weighted by atomic mass is 9.73. The summed E-state index contributed by atoms with van der Waals surface area (Å²) < 4.78 is 21.6. The van der Waals surface area contributed by atoms with Crippen molar-refractivity contribution in [3.63, 3.8) is 0 Å². The maximum Gasteiger partial charge on any atom is 0.336 e. The predicted octanol–water partition coefficient (Wildman–Crippen LogP) is 7.57. The predicted molar refractivity (Wildman–Crippen MR) is 154 cm³/mol. The van der Waals surface area contributed by atoms with Gasteiger partial charge < -0.3 is 18.9 Å². The highest BCUT2D eigenvalue weighted by molar-refractivity contribution is 5.88. The van der Waals surface area contributed by atoms with E-state index in [1.54, 1.807) is 37.5 Å². The fourth-order valence-electron chi connectivity index (χ4n) is 4.21. The lowest BCUT2D eigenvalue weighted by molar-refractivity contribution is -0.165. The third kappa shape index (κ3) is 8.47. The van der Waals surface area contributed by atoms with Crippen LogP contribution in [0.4, 0.5) is 0 Å². The summed E-state index contributed by atoms with van der Waals surface area (Å²) in [5.41, 5.74) is 2.30. The molecular weight excluding hydrogens is 492 g/mol. The summed E-state index contributed by atoms with van der Waals surface area (Å²) in [6, 6.07) is 22.2. The first kappa shape index (κ1) is 29.5. The maximum absolute atomic E-state index is 12.7. The molecule has 0 saturated carbocycles. The minimum atomic E-state index is -0.556. The second-order valence-corrected chi connectivity index (χ2v) is 10.4. The van der Waals surface area contributed by atoms with Crippen LogP contribution in [0.1, 0.15) is 46.6 Å². The first-order valence-corrected chi connectivity index (χ1v) is 13.1. The Kier molecular flexibility index (Phi) is 10.3. The standard InChI is InChI=1S/C33H38O6/c1-23(2)21-33(5,24(3)4)32(35)38-22-37-29-14-7-25(8-15-29)9-20-31(34)39-30-18-12-27(13-19-30)26-10-16-28(36-6)17-11-26/h7-20,23-24H,21-22H2,1-6H3/b20-9+. The van der Waals surface area contributed by atoms with Crippen LogP contribution in [-0.4, -0.2) is 25.8 Å². The zero-order valence-electron chi connectivity index (χ0n) is 23.6. The summed E-state index contributed by atoms with van der Waals surface area (Å²) in [5, 5.41) is 0. The topological polar surface area (TPSA) is 71.1 Å². The third-order valence-corrected chi connectivity index (χ3v) is 6.78. The summed E-state index contributed by atoms with van der Waals surface area (Å²) in [6.45, 7) is 10.1. The van der Waals surface area contributed by atoms with Gasteiger partial charge in [-0.05, 0) is 84.3 Å². The molecule has 0 fully saturated rings. The first-order chi connectivity index (χ1) is 18.6. The molecule has 0 amide bonds. The van der Waals surface area contributed by atoms with Gasteiger partial charge in [0.1, 0.15) is 17.2 Å². The molecule has 1 unspecified atom stereocenters. The Hall–Kier alpha value is -4.06. The molecule has 0 N–H and O–H groups in total. The van der Waals surface area contributed by atoms with Crippen molar-refractivity contribution < 1.29 is 28.5 Å². The molecule has 0 spiro atoms. The Labute approximate surface area is 231 Å². The van der Waals surface area contributed by atoms with Gasteiger partial charge in [-0.3, -0.25) is 4.79 Å². The van der Waals surface area contributed by atoms with Crippen LogP contribution in [0.25, 0.3) is 17.2 Å². The number of carbonyl (C=O) groups excluding carboxylic acids is 2. The van der Waals surface area contributed by atoms with Crippen LogP contribution < -0.4 is 14.2 Å². The summed E-state index contributed by atoms with van der Waals surface area (Å²) in [4.78, 5) is 25.0. The fourth-order valence-corrected chi connectivity index (χ4v) is 4.21. The van der Waals surface area contributed by atoms with Crippen molar-refractivity contribution in [3.8, 4) is 28.4 Å². The monoisotopic (exact) mass is 530 g/mol. The van der Waals surface area contributed by atoms with E-state index < -0.39 is 11.4 Å². The molecule has 3 aromatic carbocycles. The smallest absolute Gasteiger partial charge is 0.336 e. The van der Waals surface area contributed by atoms with Gasteiger partial charge in [-0.25, -0.2) is 4.79 Å². The molecule has 0 saturated heterocycles. The van der Waals surface area contributed by atoms with E-state index in [0.29, 0.717) is 17.4 Å². The molecular formula is C33H38O6. The number of methoxy groups -OCH3 is 1. The number of hydrogen-bond acceptors (Lipinski definition) is 6. The summed E-state index contributed by atoms with van der Waals surface area (Å²) in [7, 11) is 1.63. The van der Waals surface area contributed by atoms with E-state index >= 15 is 0 Å². The average Bonchev–Trinajstić information content (AvgIpc) is 2.92. The van der Waals surface area contributed by atoms with Crippen LogP contribution in [0.5, 0.6) is 17.2 Å². The van der Waals surface area contributed by atoms with E-state index in [9.17, 15) is 9.59 Å². The minimum absolute atomic E-state index is 0.155. The fraction of sp³-hybridized carbons (Fsp3) is 0.333. The van der Waals surface area contributed by atoms with Crippen LogP contribution in [0.3, 0.4) is 0 Å². The Balaban J connectivity index is 1.48. The van der Waals surface area contributed by atoms with Crippen LogP contribution in [-0.2, 0) is 14.3 Å². The van der Waals surface area contributed by atoms with Crippen LogP contribution in [0.2, 0.25) is 0 Å². The summed E-state index contributed by atoms with van der Waals surface area (Å²) >= 11 is 0. The number of esters is 2. The van der Waals surface area contributed by atoms with Gasteiger partial charge in [0.15, 0.2) is 0 Å². The van der Waals surface area contributed by atoms with Gasteiger partial charge in [0.25, 0.3) is 0 Å². The van der Waals surface area contributed by atoms with Gasteiger partial charge in [0, 0.05) is 6.08 Å². The second kappa shape index (κ2) is 13.7. The van der Waals surface area contributed by atoms with E-state index in [4.69, 9.17) is 18.9 Å². The highest BCUT2D eigenvalue weighted by Crippen LogP contribution is 2.35. The molecule has 1 atom stereocenters. The highest BCUT2D eigenvalue weighted by atomic mass is 16.7. The van der Waals surface area contributed by atoms with Crippen LogP contribution in [0, 0.1) is 17.3 Å². The Morgan fingerprint density at radius 3 is 1.85 bits per heavy atom.